The predicted octanol–water partition coefficient (Wildman–Crippen LogP) is 4.88. The molecular formula is C31H46N4O6S. The Morgan fingerprint density at radius 1 is 0.952 bits per heavy atom. The second-order valence-electron chi connectivity index (χ2n) is 12.8. The Balaban J connectivity index is 1.29. The third-order valence-corrected chi connectivity index (χ3v) is 8.76. The molecule has 1 aliphatic carbocycles. The van der Waals surface area contributed by atoms with Gasteiger partial charge in [-0.05, 0) is 95.6 Å². The number of fused-ring (bicyclic) bond motifs is 1. The molecule has 42 heavy (non-hydrogen) atoms. The van der Waals surface area contributed by atoms with E-state index in [-0.39, 0.29) is 18.6 Å². The van der Waals surface area contributed by atoms with Gasteiger partial charge in [0.25, 0.3) is 16.0 Å². The van der Waals surface area contributed by atoms with Crippen molar-refractivity contribution >= 4 is 38.8 Å². The Bertz CT molecular complexity index is 1330. The van der Waals surface area contributed by atoms with Crippen molar-refractivity contribution in [2.45, 2.75) is 71.3 Å². The molecule has 0 atom stereocenters. The molecule has 1 aromatic carbocycles. The lowest BCUT2D eigenvalue weighted by Gasteiger charge is -2.33. The van der Waals surface area contributed by atoms with Crippen molar-refractivity contribution in [3.05, 3.63) is 35.9 Å². The first kappa shape index (κ1) is 32.0. The molecule has 232 valence electrons. The number of rotatable bonds is 10. The topological polar surface area (TPSA) is 127 Å². The number of ether oxygens (including phenoxy) is 1. The second kappa shape index (κ2) is 14.0. The smallest absolute Gasteiger partial charge is 0.407 e. The number of amides is 2. The zero-order valence-electron chi connectivity index (χ0n) is 25.4. The lowest BCUT2D eigenvalue weighted by molar-refractivity contribution is 0.0512. The van der Waals surface area contributed by atoms with Gasteiger partial charge < -0.3 is 20.3 Å². The molecule has 0 unspecified atom stereocenters. The van der Waals surface area contributed by atoms with Crippen LogP contribution < -0.4 is 15.5 Å². The first-order valence-electron chi connectivity index (χ1n) is 15.1. The fraction of sp³-hybridized carbons (Fsp3) is 0.645. The number of hydrogen-bond donors (Lipinski definition) is 2. The summed E-state index contributed by atoms with van der Waals surface area (Å²) >= 11 is 0. The molecule has 0 spiro atoms. The molecular weight excluding hydrogens is 556 g/mol. The number of carbonyl (C=O) groups excluding carboxylic acids is 2. The van der Waals surface area contributed by atoms with Gasteiger partial charge >= 0.3 is 6.09 Å². The third-order valence-electron chi connectivity index (χ3n) is 8.16. The van der Waals surface area contributed by atoms with Crippen LogP contribution in [0.4, 0.5) is 10.6 Å². The summed E-state index contributed by atoms with van der Waals surface area (Å²) in [6.07, 6.45) is 7.28. The molecule has 2 amide bonds. The lowest BCUT2D eigenvalue weighted by atomic mass is 9.82. The van der Waals surface area contributed by atoms with Crippen LogP contribution in [0.1, 0.15) is 76.1 Å². The maximum absolute atomic E-state index is 13.5. The maximum Gasteiger partial charge on any atom is 0.407 e. The molecule has 2 heterocycles. The summed E-state index contributed by atoms with van der Waals surface area (Å²) in [5.41, 5.74) is 0.924. The number of para-hydroxylation sites is 1. The molecule has 4 rings (SSSR count). The zero-order valence-corrected chi connectivity index (χ0v) is 26.2. The van der Waals surface area contributed by atoms with Crippen LogP contribution in [0.3, 0.4) is 0 Å². The van der Waals surface area contributed by atoms with Gasteiger partial charge in [-0.2, -0.15) is 8.42 Å². The molecule has 11 heteroatoms. The summed E-state index contributed by atoms with van der Waals surface area (Å²) in [6.45, 7) is 8.61. The monoisotopic (exact) mass is 602 g/mol. The highest BCUT2D eigenvalue weighted by molar-refractivity contribution is 7.85. The van der Waals surface area contributed by atoms with Gasteiger partial charge in [-0.3, -0.25) is 8.98 Å². The quantitative estimate of drug-likeness (QED) is 0.369. The minimum Gasteiger partial charge on any atom is -0.444 e. The van der Waals surface area contributed by atoms with Gasteiger partial charge in [0.1, 0.15) is 11.4 Å². The van der Waals surface area contributed by atoms with Gasteiger partial charge in [0.05, 0.1) is 23.9 Å². The Morgan fingerprint density at radius 2 is 1.57 bits per heavy atom. The van der Waals surface area contributed by atoms with E-state index in [1.54, 1.807) is 0 Å². The molecule has 0 bridgehead atoms. The summed E-state index contributed by atoms with van der Waals surface area (Å²) in [6, 6.07) is 9.65. The molecule has 1 aromatic heterocycles. The van der Waals surface area contributed by atoms with Gasteiger partial charge in [-0.1, -0.05) is 18.2 Å². The van der Waals surface area contributed by atoms with Crippen molar-refractivity contribution in [1.82, 2.24) is 15.6 Å². The number of benzene rings is 1. The Kier molecular flexibility index (Phi) is 10.7. The number of hydrogen-bond acceptors (Lipinski definition) is 8. The molecule has 2 aromatic rings. The Hall–Kier alpha value is -2.92. The molecule has 1 saturated heterocycles. The van der Waals surface area contributed by atoms with Crippen molar-refractivity contribution in [2.75, 3.05) is 43.9 Å². The number of nitrogens with one attached hydrogen (secondary N) is 2. The van der Waals surface area contributed by atoms with Crippen LogP contribution in [0.5, 0.6) is 0 Å². The number of anilines is 1. The van der Waals surface area contributed by atoms with Gasteiger partial charge in [-0.25, -0.2) is 9.78 Å². The third kappa shape index (κ3) is 9.83. The Labute approximate surface area is 250 Å². The minimum absolute atomic E-state index is 0.0867. The van der Waals surface area contributed by atoms with Crippen molar-refractivity contribution in [3.63, 3.8) is 0 Å². The summed E-state index contributed by atoms with van der Waals surface area (Å²) in [5.74, 6) is 1.94. The first-order chi connectivity index (χ1) is 19.9. The number of piperidine rings is 1. The van der Waals surface area contributed by atoms with E-state index < -0.39 is 15.7 Å². The van der Waals surface area contributed by atoms with E-state index >= 15 is 0 Å². The van der Waals surface area contributed by atoms with Gasteiger partial charge in [0.2, 0.25) is 0 Å². The van der Waals surface area contributed by atoms with E-state index in [1.165, 1.54) is 0 Å². The van der Waals surface area contributed by atoms with Gasteiger partial charge in [0.15, 0.2) is 0 Å². The van der Waals surface area contributed by atoms with Crippen LogP contribution in [-0.2, 0) is 19.0 Å². The highest BCUT2D eigenvalue weighted by Gasteiger charge is 2.25. The van der Waals surface area contributed by atoms with Gasteiger partial charge in [-0.15, -0.1) is 0 Å². The molecule has 2 fully saturated rings. The van der Waals surface area contributed by atoms with Crippen molar-refractivity contribution in [3.8, 4) is 0 Å². The highest BCUT2D eigenvalue weighted by Crippen LogP contribution is 2.30. The van der Waals surface area contributed by atoms with E-state index in [9.17, 15) is 18.0 Å². The largest absolute Gasteiger partial charge is 0.444 e. The number of alkyl carbamates (subject to hydrolysis) is 1. The molecule has 2 aliphatic rings. The normalized spacial score (nSPS) is 20.3. The van der Waals surface area contributed by atoms with Crippen molar-refractivity contribution in [1.29, 1.82) is 0 Å². The standard InChI is InChI=1S/C31H46N4O6S/c1-31(2,3)41-30(37)33-21-24-11-9-23(10-12-24)20-32-29(36)26-19-28(34-27-8-6-5-7-25(26)27)35-16-13-22(14-17-35)15-18-40-42(4,38)39/h5-8,19,22-24H,9-18,20-21H2,1-4H3,(H,32,36)(H,33,37)/t23-,24-. The summed E-state index contributed by atoms with van der Waals surface area (Å²) < 4.78 is 32.7. The molecule has 0 radical (unpaired) electrons. The average Bonchev–Trinajstić information content (AvgIpc) is 2.93. The molecule has 1 aliphatic heterocycles. The summed E-state index contributed by atoms with van der Waals surface area (Å²) in [5, 5.41) is 6.92. The highest BCUT2D eigenvalue weighted by atomic mass is 32.2. The molecule has 1 saturated carbocycles. The predicted molar refractivity (Wildman–Crippen MR) is 164 cm³/mol. The number of carbonyl (C=O) groups is 2. The van der Waals surface area contributed by atoms with Crippen LogP contribution in [-0.4, -0.2) is 70.0 Å². The summed E-state index contributed by atoms with van der Waals surface area (Å²) in [4.78, 5) is 32.5. The Morgan fingerprint density at radius 3 is 2.19 bits per heavy atom. The van der Waals surface area contributed by atoms with Crippen molar-refractivity contribution in [2.24, 2.45) is 17.8 Å². The van der Waals surface area contributed by atoms with Crippen LogP contribution >= 0.6 is 0 Å². The molecule has 2 N–H and O–H groups in total. The summed E-state index contributed by atoms with van der Waals surface area (Å²) in [7, 11) is -3.41. The van der Waals surface area contributed by atoms with Crippen LogP contribution in [0, 0.1) is 17.8 Å². The minimum atomic E-state index is -3.41. The van der Waals surface area contributed by atoms with E-state index in [4.69, 9.17) is 13.9 Å². The van der Waals surface area contributed by atoms with Gasteiger partial charge in [0, 0.05) is 31.6 Å². The lowest BCUT2D eigenvalue weighted by Crippen LogP contribution is -2.37. The second-order valence-corrected chi connectivity index (χ2v) is 14.4. The fourth-order valence-electron chi connectivity index (χ4n) is 5.84. The molecule has 10 nitrogen and oxygen atoms in total. The number of pyridine rings is 1. The number of aromatic nitrogens is 1. The SMILES string of the molecule is CC(C)(C)OC(=O)NC[C@H]1CC[C@H](CNC(=O)c2cc(N3CCC(CCOS(C)(=O)=O)CC3)nc3ccccc23)CC1. The zero-order chi connectivity index (χ0) is 30.3. The van der Waals surface area contributed by atoms with Crippen LogP contribution in [0.2, 0.25) is 0 Å². The number of nitrogens with zero attached hydrogens (tertiary/aromatic N) is 2. The van der Waals surface area contributed by atoms with Crippen LogP contribution in [0.15, 0.2) is 30.3 Å². The van der Waals surface area contributed by atoms with E-state index in [1.807, 2.05) is 51.1 Å². The van der Waals surface area contributed by atoms with Crippen molar-refractivity contribution < 1.29 is 26.9 Å². The maximum atomic E-state index is 13.5. The van der Waals surface area contributed by atoms with Crippen LogP contribution in [0.25, 0.3) is 10.9 Å². The van der Waals surface area contributed by atoms with E-state index in [2.05, 4.69) is 15.5 Å². The first-order valence-corrected chi connectivity index (χ1v) is 16.9. The fourth-order valence-corrected chi connectivity index (χ4v) is 6.24. The average molecular weight is 603 g/mol. The van der Waals surface area contributed by atoms with E-state index in [0.29, 0.717) is 42.8 Å². The van der Waals surface area contributed by atoms with E-state index in [0.717, 1.165) is 74.6 Å².